The van der Waals surface area contributed by atoms with Crippen molar-refractivity contribution in [3.05, 3.63) is 88.1 Å². The van der Waals surface area contributed by atoms with Crippen LogP contribution in [-0.2, 0) is 11.0 Å². The van der Waals surface area contributed by atoms with Gasteiger partial charge in [0, 0.05) is 34.3 Å². The summed E-state index contributed by atoms with van der Waals surface area (Å²) in [6.07, 6.45) is -1.92. The fourth-order valence-electron chi connectivity index (χ4n) is 4.70. The number of alkyl halides is 3. The normalized spacial score (nSPS) is 12.6. The van der Waals surface area contributed by atoms with Crippen molar-refractivity contribution in [2.75, 3.05) is 6.54 Å². The van der Waals surface area contributed by atoms with Crippen LogP contribution in [0.25, 0.3) is 22.0 Å². The minimum absolute atomic E-state index is 0.0226. The van der Waals surface area contributed by atoms with Crippen LogP contribution in [-0.4, -0.2) is 33.3 Å². The molecule has 1 amide bonds. The molecule has 0 unspecified atom stereocenters. The molecule has 1 heterocycles. The smallest absolute Gasteiger partial charge is 0.416 e. The number of carboxylic acids is 1. The maximum absolute atomic E-state index is 13.1. The van der Waals surface area contributed by atoms with Crippen LogP contribution in [0.5, 0.6) is 0 Å². The number of nitrogens with one attached hydrogen (secondary N) is 1. The highest BCUT2D eigenvalue weighted by Gasteiger charge is 2.31. The summed E-state index contributed by atoms with van der Waals surface area (Å²) < 4.78 is 41.3. The van der Waals surface area contributed by atoms with Gasteiger partial charge in [0.2, 0.25) is 0 Å². The molecule has 6 nitrogen and oxygen atoms in total. The Labute approximate surface area is 234 Å². The van der Waals surface area contributed by atoms with Gasteiger partial charge in [-0.15, -0.1) is 0 Å². The topological polar surface area (TPSA) is 84.2 Å². The monoisotopic (exact) mass is 571 g/mol. The second-order valence-corrected chi connectivity index (χ2v) is 10.5. The van der Waals surface area contributed by atoms with Gasteiger partial charge in [0.25, 0.3) is 5.91 Å². The fraction of sp³-hybridized carbons (Fsp3) is 0.300. The number of carbonyl (C=O) groups is 2. The molecule has 0 saturated heterocycles. The van der Waals surface area contributed by atoms with Crippen molar-refractivity contribution in [1.82, 2.24) is 15.1 Å². The first kappa shape index (κ1) is 29.1. The minimum atomic E-state index is -4.48. The van der Waals surface area contributed by atoms with Crippen molar-refractivity contribution in [3.8, 4) is 11.1 Å². The van der Waals surface area contributed by atoms with E-state index in [4.69, 9.17) is 21.8 Å². The van der Waals surface area contributed by atoms with Crippen LogP contribution in [0.15, 0.2) is 60.8 Å². The number of carboxylic acid groups (broad SMARTS) is 1. The Kier molecular flexibility index (Phi) is 8.54. The molecule has 1 atom stereocenters. The lowest BCUT2D eigenvalue weighted by Crippen LogP contribution is -2.26. The van der Waals surface area contributed by atoms with E-state index in [0.29, 0.717) is 17.0 Å². The van der Waals surface area contributed by atoms with E-state index in [-0.39, 0.29) is 29.9 Å². The zero-order valence-corrected chi connectivity index (χ0v) is 23.0. The molecule has 0 spiro atoms. The number of nitrogens with zero attached hydrogens (tertiary/aromatic N) is 2. The molecule has 0 aliphatic rings. The van der Waals surface area contributed by atoms with E-state index < -0.39 is 17.7 Å². The van der Waals surface area contributed by atoms with Gasteiger partial charge in [0.1, 0.15) is 0 Å². The molecule has 0 radical (unpaired) electrons. The number of hydrogen-bond donors (Lipinski definition) is 2. The zero-order valence-electron chi connectivity index (χ0n) is 22.2. The Morgan fingerprint density at radius 3 is 2.33 bits per heavy atom. The van der Waals surface area contributed by atoms with E-state index in [0.717, 1.165) is 46.1 Å². The number of aryl methyl sites for hydroxylation is 1. The number of benzene rings is 3. The third-order valence-corrected chi connectivity index (χ3v) is 7.07. The van der Waals surface area contributed by atoms with Gasteiger partial charge in [-0.3, -0.25) is 14.3 Å². The summed E-state index contributed by atoms with van der Waals surface area (Å²) in [7, 11) is 0. The molecule has 4 rings (SSSR count). The lowest BCUT2D eigenvalue weighted by molar-refractivity contribution is -0.138. The molecule has 10 heteroatoms. The second kappa shape index (κ2) is 11.7. The lowest BCUT2D eigenvalue weighted by Gasteiger charge is -2.20. The number of halogens is 4. The van der Waals surface area contributed by atoms with Crippen LogP contribution in [0.3, 0.4) is 0 Å². The van der Waals surface area contributed by atoms with E-state index in [1.165, 1.54) is 6.07 Å². The van der Waals surface area contributed by atoms with Crippen molar-refractivity contribution in [2.45, 2.75) is 45.8 Å². The Hall–Kier alpha value is -3.85. The number of fused-ring (bicyclic) bond motifs is 1. The molecule has 0 aliphatic carbocycles. The van der Waals surface area contributed by atoms with Gasteiger partial charge in [0.05, 0.1) is 23.5 Å². The van der Waals surface area contributed by atoms with Crippen molar-refractivity contribution >= 4 is 34.4 Å². The molecule has 0 saturated carbocycles. The van der Waals surface area contributed by atoms with Gasteiger partial charge in [-0.05, 0) is 66.3 Å². The van der Waals surface area contributed by atoms with Gasteiger partial charge in [-0.25, -0.2) is 0 Å². The summed E-state index contributed by atoms with van der Waals surface area (Å²) in [4.78, 5) is 23.1. The third kappa shape index (κ3) is 6.47. The first-order valence-corrected chi connectivity index (χ1v) is 13.2. The molecular formula is C30H29ClF3N3O3. The molecule has 0 fully saturated rings. The maximum Gasteiger partial charge on any atom is 0.416 e. The summed E-state index contributed by atoms with van der Waals surface area (Å²) in [6.45, 7) is 6.16. The summed E-state index contributed by atoms with van der Waals surface area (Å²) in [5.74, 6) is -0.995. The van der Waals surface area contributed by atoms with E-state index >= 15 is 0 Å². The van der Waals surface area contributed by atoms with Crippen LogP contribution >= 0.6 is 11.6 Å². The average Bonchev–Trinajstić information content (AvgIpc) is 3.32. The Morgan fingerprint density at radius 2 is 1.73 bits per heavy atom. The number of amides is 1. The SMILES string of the molecule is Cc1c(-c2ccc(C(F)(F)F)cc2Cl)ccc2nn([C@@H](CC(C)C)c3ccc(C(=O)NCCC(=O)O)cc3)cc12. The van der Waals surface area contributed by atoms with Crippen molar-refractivity contribution < 1.29 is 27.9 Å². The van der Waals surface area contributed by atoms with Crippen LogP contribution in [0.1, 0.15) is 59.8 Å². The average molecular weight is 572 g/mol. The van der Waals surface area contributed by atoms with E-state index in [1.54, 1.807) is 12.1 Å². The minimum Gasteiger partial charge on any atom is -0.481 e. The number of hydrogen-bond acceptors (Lipinski definition) is 3. The highest BCUT2D eigenvalue weighted by atomic mass is 35.5. The standard InChI is InChI=1S/C30H29ClF3N3O3/c1-17(2)14-27(19-4-6-20(7-5-19)29(40)35-13-12-28(38)39)37-16-24-18(3)22(10-11-26(24)36-37)23-9-8-21(15-25(23)31)30(32,33)34/h4-11,15-17,27H,12-14H2,1-3H3,(H,35,40)(H,38,39)/t27-/m0/s1. The Balaban J connectivity index is 1.66. The van der Waals surface area contributed by atoms with Gasteiger partial charge < -0.3 is 10.4 Å². The largest absolute Gasteiger partial charge is 0.481 e. The molecule has 1 aromatic heterocycles. The van der Waals surface area contributed by atoms with Crippen LogP contribution in [0, 0.1) is 12.8 Å². The molecule has 2 N–H and O–H groups in total. The van der Waals surface area contributed by atoms with Crippen LogP contribution in [0.4, 0.5) is 13.2 Å². The van der Waals surface area contributed by atoms with Crippen molar-refractivity contribution in [2.24, 2.45) is 5.92 Å². The molecule has 0 bridgehead atoms. The quantitative estimate of drug-likeness (QED) is 0.217. The number of aromatic nitrogens is 2. The first-order valence-electron chi connectivity index (χ1n) is 12.8. The predicted molar refractivity (Wildman–Crippen MR) is 149 cm³/mol. The Morgan fingerprint density at radius 1 is 1.05 bits per heavy atom. The predicted octanol–water partition coefficient (Wildman–Crippen LogP) is 7.52. The summed E-state index contributed by atoms with van der Waals surface area (Å²) in [6, 6.07) is 14.0. The fourth-order valence-corrected chi connectivity index (χ4v) is 4.98. The molecule has 0 aliphatic heterocycles. The van der Waals surface area contributed by atoms with E-state index in [2.05, 4.69) is 19.2 Å². The molecule has 210 valence electrons. The lowest BCUT2D eigenvalue weighted by atomic mass is 9.96. The summed E-state index contributed by atoms with van der Waals surface area (Å²) in [5.41, 5.74) is 3.41. The maximum atomic E-state index is 13.1. The van der Waals surface area contributed by atoms with Gasteiger partial charge in [-0.2, -0.15) is 18.3 Å². The Bertz CT molecular complexity index is 1550. The first-order chi connectivity index (χ1) is 18.8. The number of carbonyl (C=O) groups excluding carboxylic acids is 1. The molecule has 4 aromatic rings. The zero-order chi connectivity index (χ0) is 29.2. The van der Waals surface area contributed by atoms with Crippen LogP contribution < -0.4 is 5.32 Å². The molecule has 40 heavy (non-hydrogen) atoms. The van der Waals surface area contributed by atoms with E-state index in [9.17, 15) is 22.8 Å². The second-order valence-electron chi connectivity index (χ2n) is 10.1. The van der Waals surface area contributed by atoms with E-state index in [1.807, 2.05) is 42.1 Å². The van der Waals surface area contributed by atoms with Crippen molar-refractivity contribution in [1.29, 1.82) is 0 Å². The summed E-state index contributed by atoms with van der Waals surface area (Å²) in [5, 5.41) is 17.1. The molecular weight excluding hydrogens is 543 g/mol. The van der Waals surface area contributed by atoms with Gasteiger partial charge in [0.15, 0.2) is 0 Å². The van der Waals surface area contributed by atoms with Crippen LogP contribution in [0.2, 0.25) is 5.02 Å². The highest BCUT2D eigenvalue weighted by Crippen LogP contribution is 2.38. The van der Waals surface area contributed by atoms with Gasteiger partial charge >= 0.3 is 12.1 Å². The third-order valence-electron chi connectivity index (χ3n) is 6.76. The van der Waals surface area contributed by atoms with Crippen molar-refractivity contribution in [3.63, 3.8) is 0 Å². The molecule has 3 aromatic carbocycles. The summed E-state index contributed by atoms with van der Waals surface area (Å²) >= 11 is 6.29. The highest BCUT2D eigenvalue weighted by molar-refractivity contribution is 6.33. The number of aliphatic carboxylic acids is 1. The number of rotatable bonds is 9. The van der Waals surface area contributed by atoms with Gasteiger partial charge in [-0.1, -0.05) is 49.7 Å².